The first kappa shape index (κ1) is 15.5. The highest BCUT2D eigenvalue weighted by Gasteiger charge is 2.28. The highest BCUT2D eigenvalue weighted by molar-refractivity contribution is 5.95. The maximum Gasteiger partial charge on any atom is 0.410 e. The van der Waals surface area contributed by atoms with Gasteiger partial charge in [0.1, 0.15) is 12.4 Å². The molecule has 1 saturated heterocycles. The van der Waals surface area contributed by atoms with E-state index < -0.39 is 6.10 Å². The van der Waals surface area contributed by atoms with Gasteiger partial charge >= 0.3 is 6.09 Å². The third-order valence-corrected chi connectivity index (χ3v) is 4.38. The summed E-state index contributed by atoms with van der Waals surface area (Å²) in [4.78, 5) is 25.5. The number of carbonyl (C=O) groups is 2. The molecule has 128 valence electrons. The quantitative estimate of drug-likeness (QED) is 0.930. The number of hydrogen-bond acceptors (Lipinski definition) is 4. The van der Waals surface area contributed by atoms with E-state index in [1.165, 1.54) is 0 Å². The van der Waals surface area contributed by atoms with Crippen molar-refractivity contribution in [2.45, 2.75) is 19.1 Å². The Labute approximate surface area is 145 Å². The fourth-order valence-electron chi connectivity index (χ4n) is 3.03. The number of nitrogens with zero attached hydrogens (tertiary/aromatic N) is 1. The molecule has 0 aliphatic carbocycles. The van der Waals surface area contributed by atoms with Crippen molar-refractivity contribution >= 4 is 17.7 Å². The molecule has 0 saturated carbocycles. The second-order valence-corrected chi connectivity index (χ2v) is 6.14. The van der Waals surface area contributed by atoms with Crippen molar-refractivity contribution < 1.29 is 19.1 Å². The highest BCUT2D eigenvalue weighted by Crippen LogP contribution is 2.28. The molecule has 2 aromatic rings. The van der Waals surface area contributed by atoms with Gasteiger partial charge in [-0.25, -0.2) is 4.79 Å². The van der Waals surface area contributed by atoms with E-state index in [4.69, 9.17) is 9.47 Å². The van der Waals surface area contributed by atoms with E-state index in [1.807, 2.05) is 48.5 Å². The lowest BCUT2D eigenvalue weighted by molar-refractivity contribution is -0.122. The number of cyclic esters (lactones) is 1. The molecule has 1 fully saturated rings. The first-order valence-electron chi connectivity index (χ1n) is 8.25. The van der Waals surface area contributed by atoms with E-state index >= 15 is 0 Å². The van der Waals surface area contributed by atoms with Crippen LogP contribution in [0.3, 0.4) is 0 Å². The lowest BCUT2D eigenvalue weighted by Gasteiger charge is -2.14. The van der Waals surface area contributed by atoms with Gasteiger partial charge in [-0.2, -0.15) is 0 Å². The zero-order valence-corrected chi connectivity index (χ0v) is 13.6. The Morgan fingerprint density at radius 2 is 1.96 bits per heavy atom. The van der Waals surface area contributed by atoms with Crippen molar-refractivity contribution in [3.63, 3.8) is 0 Å². The number of ether oxygens (including phenoxy) is 2. The SMILES string of the molecule is O=C(Nc1ccc(CN2CCOC2=O)cc1)[C@H]1Cc2ccccc2O1. The third-order valence-electron chi connectivity index (χ3n) is 4.38. The van der Waals surface area contributed by atoms with Crippen molar-refractivity contribution in [3.05, 3.63) is 59.7 Å². The van der Waals surface area contributed by atoms with Crippen molar-refractivity contribution in [1.29, 1.82) is 0 Å². The topological polar surface area (TPSA) is 67.9 Å². The van der Waals surface area contributed by atoms with Crippen LogP contribution in [-0.2, 0) is 22.5 Å². The van der Waals surface area contributed by atoms with Crippen LogP contribution in [0.2, 0.25) is 0 Å². The summed E-state index contributed by atoms with van der Waals surface area (Å²) in [5.74, 6) is 0.613. The lowest BCUT2D eigenvalue weighted by atomic mass is 10.1. The Kier molecular flexibility index (Phi) is 4.01. The van der Waals surface area contributed by atoms with Gasteiger partial charge in [0.25, 0.3) is 5.91 Å². The van der Waals surface area contributed by atoms with Crippen LogP contribution >= 0.6 is 0 Å². The second kappa shape index (κ2) is 6.47. The summed E-state index contributed by atoms with van der Waals surface area (Å²) in [6, 6.07) is 15.1. The number of rotatable bonds is 4. The standard InChI is InChI=1S/C19H18N2O4/c22-18(17-11-14-3-1-2-4-16(14)25-17)20-15-7-5-13(6-8-15)12-21-9-10-24-19(21)23/h1-8,17H,9-12H2,(H,20,22)/t17-/m1/s1. The number of hydrogen-bond donors (Lipinski definition) is 1. The summed E-state index contributed by atoms with van der Waals surface area (Å²) >= 11 is 0. The smallest absolute Gasteiger partial charge is 0.410 e. The second-order valence-electron chi connectivity index (χ2n) is 6.14. The van der Waals surface area contributed by atoms with Gasteiger partial charge in [0.2, 0.25) is 0 Å². The summed E-state index contributed by atoms with van der Waals surface area (Å²) in [6.07, 6.45) is -0.205. The molecule has 25 heavy (non-hydrogen) atoms. The molecule has 1 N–H and O–H groups in total. The van der Waals surface area contributed by atoms with E-state index in [9.17, 15) is 9.59 Å². The van der Waals surface area contributed by atoms with Crippen LogP contribution in [0, 0.1) is 0 Å². The number of para-hydroxylation sites is 1. The molecule has 2 aliphatic heterocycles. The summed E-state index contributed by atoms with van der Waals surface area (Å²) in [5.41, 5.74) is 2.74. The first-order chi connectivity index (χ1) is 12.2. The van der Waals surface area contributed by atoms with Crippen molar-refractivity contribution in [2.75, 3.05) is 18.5 Å². The van der Waals surface area contributed by atoms with Crippen LogP contribution in [0.15, 0.2) is 48.5 Å². The van der Waals surface area contributed by atoms with Crippen LogP contribution in [0.4, 0.5) is 10.5 Å². The molecular weight excluding hydrogens is 320 g/mol. The molecule has 4 rings (SSSR count). The van der Waals surface area contributed by atoms with E-state index in [0.29, 0.717) is 31.8 Å². The molecule has 2 amide bonds. The van der Waals surface area contributed by atoms with Crippen molar-refractivity contribution in [3.8, 4) is 5.75 Å². The molecule has 0 radical (unpaired) electrons. The number of fused-ring (bicyclic) bond motifs is 1. The van der Waals surface area contributed by atoms with Gasteiger partial charge in [0.15, 0.2) is 6.10 Å². The molecule has 0 spiro atoms. The Hall–Kier alpha value is -3.02. The van der Waals surface area contributed by atoms with Gasteiger partial charge in [-0.3, -0.25) is 4.79 Å². The van der Waals surface area contributed by atoms with Crippen LogP contribution in [-0.4, -0.2) is 36.2 Å². The Morgan fingerprint density at radius 1 is 1.16 bits per heavy atom. The van der Waals surface area contributed by atoms with Crippen LogP contribution < -0.4 is 10.1 Å². The van der Waals surface area contributed by atoms with Crippen molar-refractivity contribution in [1.82, 2.24) is 4.90 Å². The number of benzene rings is 2. The summed E-state index contributed by atoms with van der Waals surface area (Å²) in [6.45, 7) is 1.56. The Balaban J connectivity index is 1.35. The molecule has 6 nitrogen and oxygen atoms in total. The largest absolute Gasteiger partial charge is 0.480 e. The van der Waals surface area contributed by atoms with E-state index in [1.54, 1.807) is 4.90 Å². The van der Waals surface area contributed by atoms with E-state index in [0.717, 1.165) is 16.9 Å². The summed E-state index contributed by atoms with van der Waals surface area (Å²) in [5, 5.41) is 2.88. The minimum absolute atomic E-state index is 0.160. The minimum Gasteiger partial charge on any atom is -0.480 e. The number of anilines is 1. The van der Waals surface area contributed by atoms with E-state index in [2.05, 4.69) is 5.32 Å². The Morgan fingerprint density at radius 3 is 2.68 bits per heavy atom. The fraction of sp³-hybridized carbons (Fsp3) is 0.263. The van der Waals surface area contributed by atoms with Crippen LogP contribution in [0.25, 0.3) is 0 Å². The summed E-state index contributed by atoms with van der Waals surface area (Å²) in [7, 11) is 0. The Bertz CT molecular complexity index is 778. The van der Waals surface area contributed by atoms with Gasteiger partial charge in [-0.15, -0.1) is 0 Å². The molecule has 2 aromatic carbocycles. The predicted molar refractivity (Wildman–Crippen MR) is 91.4 cm³/mol. The molecular formula is C19H18N2O4. The maximum absolute atomic E-state index is 12.4. The first-order valence-corrected chi connectivity index (χ1v) is 8.25. The monoisotopic (exact) mass is 338 g/mol. The van der Waals surface area contributed by atoms with Gasteiger partial charge < -0.3 is 19.7 Å². The van der Waals surface area contributed by atoms with E-state index in [-0.39, 0.29) is 12.0 Å². The zero-order chi connectivity index (χ0) is 17.2. The lowest BCUT2D eigenvalue weighted by Crippen LogP contribution is -2.31. The fourth-order valence-corrected chi connectivity index (χ4v) is 3.03. The van der Waals surface area contributed by atoms with Gasteiger partial charge in [-0.1, -0.05) is 30.3 Å². The molecule has 0 unspecified atom stereocenters. The van der Waals surface area contributed by atoms with Crippen LogP contribution in [0.1, 0.15) is 11.1 Å². The molecule has 2 aliphatic rings. The average molecular weight is 338 g/mol. The molecule has 2 heterocycles. The predicted octanol–water partition coefficient (Wildman–Crippen LogP) is 2.58. The maximum atomic E-state index is 12.4. The number of amides is 2. The molecule has 0 aromatic heterocycles. The van der Waals surface area contributed by atoms with Crippen LogP contribution in [0.5, 0.6) is 5.75 Å². The highest BCUT2D eigenvalue weighted by atomic mass is 16.6. The molecule has 1 atom stereocenters. The average Bonchev–Trinajstić information content (AvgIpc) is 3.23. The number of nitrogens with one attached hydrogen (secondary N) is 1. The molecule has 0 bridgehead atoms. The van der Waals surface area contributed by atoms with Gasteiger partial charge in [0.05, 0.1) is 6.54 Å². The van der Waals surface area contributed by atoms with Gasteiger partial charge in [0, 0.05) is 18.7 Å². The van der Waals surface area contributed by atoms with Gasteiger partial charge in [-0.05, 0) is 29.3 Å². The summed E-state index contributed by atoms with van der Waals surface area (Å²) < 4.78 is 10.6. The van der Waals surface area contributed by atoms with Crippen molar-refractivity contribution in [2.24, 2.45) is 0 Å². The normalized spacial score (nSPS) is 18.5. The third kappa shape index (κ3) is 3.28. The molecule has 6 heteroatoms. The zero-order valence-electron chi connectivity index (χ0n) is 13.6. The number of carbonyl (C=O) groups excluding carboxylic acids is 2. The minimum atomic E-state index is -0.503.